The number of hydrogen-bond acceptors (Lipinski definition) is 3. The summed E-state index contributed by atoms with van der Waals surface area (Å²) in [5, 5.41) is 0. The first-order chi connectivity index (χ1) is 9.89. The number of rotatable bonds is 3. The van der Waals surface area contributed by atoms with Crippen LogP contribution in [0.3, 0.4) is 0 Å². The molecule has 2 heterocycles. The van der Waals surface area contributed by atoms with Gasteiger partial charge in [0.15, 0.2) is 0 Å². The van der Waals surface area contributed by atoms with Gasteiger partial charge in [0.2, 0.25) is 10.0 Å². The van der Waals surface area contributed by atoms with E-state index in [1.807, 2.05) is 12.1 Å². The van der Waals surface area contributed by atoms with Gasteiger partial charge in [0.1, 0.15) is 0 Å². The summed E-state index contributed by atoms with van der Waals surface area (Å²) < 4.78 is 25.5. The zero-order valence-corrected chi connectivity index (χ0v) is 14.8. The monoisotopic (exact) mass is 372 g/mol. The second-order valence-corrected chi connectivity index (χ2v) is 9.59. The maximum atomic E-state index is 12.1. The molecule has 0 spiro atoms. The van der Waals surface area contributed by atoms with Crippen LogP contribution in [0.15, 0.2) is 29.2 Å². The fraction of sp³-hybridized carbons (Fsp3) is 0.600. The summed E-state index contributed by atoms with van der Waals surface area (Å²) in [4.78, 5) is 3.47. The number of sulfonamides is 1. The van der Waals surface area contributed by atoms with Gasteiger partial charge >= 0.3 is 0 Å². The van der Waals surface area contributed by atoms with Crippen LogP contribution in [-0.4, -0.2) is 43.7 Å². The first kappa shape index (κ1) is 15.3. The van der Waals surface area contributed by atoms with Gasteiger partial charge in [-0.2, -0.15) is 0 Å². The van der Waals surface area contributed by atoms with E-state index in [0.29, 0.717) is 21.8 Å². The van der Waals surface area contributed by atoms with Crippen molar-refractivity contribution in [1.82, 2.24) is 4.31 Å². The Hall–Kier alpha value is -0.590. The molecule has 1 aromatic rings. The molecule has 2 atom stereocenters. The highest BCUT2D eigenvalue weighted by atomic mass is 79.9. The van der Waals surface area contributed by atoms with Gasteiger partial charge in [-0.15, -0.1) is 0 Å². The average molecular weight is 373 g/mol. The Balaban J connectivity index is 1.86. The van der Waals surface area contributed by atoms with E-state index in [4.69, 9.17) is 0 Å². The molecule has 2 bridgehead atoms. The molecule has 2 aliphatic heterocycles. The highest BCUT2D eigenvalue weighted by Gasteiger charge is 2.39. The Bertz CT molecular complexity index is 601. The maximum absolute atomic E-state index is 12.1. The fourth-order valence-corrected chi connectivity index (χ4v) is 5.30. The molecule has 0 amide bonds. The lowest BCUT2D eigenvalue weighted by Gasteiger charge is -2.39. The standard InChI is InChI=1S/C15H21BrN2O2S/c1-17(2)21(19,20)15-7-5-12(6-8-15)18-13-3-4-14(18)10-11(16)9-13/h5-8,11,13-14H,3-4,9-10H2,1-2H3. The van der Waals surface area contributed by atoms with Gasteiger partial charge in [-0.25, -0.2) is 12.7 Å². The number of halogens is 1. The van der Waals surface area contributed by atoms with Crippen LogP contribution in [0, 0.1) is 0 Å². The van der Waals surface area contributed by atoms with E-state index in [2.05, 4.69) is 20.8 Å². The number of anilines is 1. The predicted octanol–water partition coefficient (Wildman–Crippen LogP) is 2.83. The Morgan fingerprint density at radius 1 is 1.10 bits per heavy atom. The van der Waals surface area contributed by atoms with E-state index in [0.717, 1.165) is 5.69 Å². The van der Waals surface area contributed by atoms with Crippen LogP contribution in [0.25, 0.3) is 0 Å². The number of piperidine rings is 1. The summed E-state index contributed by atoms with van der Waals surface area (Å²) in [7, 11) is -0.218. The Morgan fingerprint density at radius 3 is 2.10 bits per heavy atom. The van der Waals surface area contributed by atoms with E-state index < -0.39 is 10.0 Å². The molecule has 0 aliphatic carbocycles. The van der Waals surface area contributed by atoms with E-state index >= 15 is 0 Å². The van der Waals surface area contributed by atoms with Crippen molar-refractivity contribution in [2.24, 2.45) is 0 Å². The van der Waals surface area contributed by atoms with E-state index in [9.17, 15) is 8.42 Å². The van der Waals surface area contributed by atoms with Crippen LogP contribution in [0.5, 0.6) is 0 Å². The number of alkyl halides is 1. The number of hydrogen-bond donors (Lipinski definition) is 0. The van der Waals surface area contributed by atoms with Crippen LogP contribution < -0.4 is 4.90 Å². The summed E-state index contributed by atoms with van der Waals surface area (Å²) in [6.07, 6.45) is 4.83. The van der Waals surface area contributed by atoms with Crippen LogP contribution in [0.1, 0.15) is 25.7 Å². The lowest BCUT2D eigenvalue weighted by molar-refractivity contribution is 0.483. The van der Waals surface area contributed by atoms with E-state index in [-0.39, 0.29) is 0 Å². The van der Waals surface area contributed by atoms with Gasteiger partial charge in [-0.1, -0.05) is 15.9 Å². The topological polar surface area (TPSA) is 40.6 Å². The summed E-state index contributed by atoms with van der Waals surface area (Å²) in [6.45, 7) is 0. The summed E-state index contributed by atoms with van der Waals surface area (Å²) in [5.41, 5.74) is 1.15. The van der Waals surface area contributed by atoms with Gasteiger partial charge in [-0.3, -0.25) is 0 Å². The molecule has 2 fully saturated rings. The molecule has 0 N–H and O–H groups in total. The minimum absolute atomic E-state index is 0.360. The second-order valence-electron chi connectivity index (χ2n) is 6.14. The normalized spacial score (nSPS) is 29.1. The van der Waals surface area contributed by atoms with Gasteiger partial charge in [0, 0.05) is 36.7 Å². The number of fused-ring (bicyclic) bond motifs is 2. The van der Waals surface area contributed by atoms with Crippen molar-refractivity contribution >= 4 is 31.6 Å². The third-order valence-electron chi connectivity index (χ3n) is 4.59. The van der Waals surface area contributed by atoms with E-state index in [1.165, 1.54) is 30.0 Å². The lowest BCUT2D eigenvalue weighted by Crippen LogP contribution is -2.43. The molecule has 0 aromatic heterocycles. The summed E-state index contributed by atoms with van der Waals surface area (Å²) >= 11 is 3.75. The molecular formula is C15H21BrN2O2S. The first-order valence-electron chi connectivity index (χ1n) is 7.34. The van der Waals surface area contributed by atoms with Crippen molar-refractivity contribution in [1.29, 1.82) is 0 Å². The van der Waals surface area contributed by atoms with Crippen LogP contribution in [0.4, 0.5) is 5.69 Å². The minimum atomic E-state index is -3.34. The molecular weight excluding hydrogens is 352 g/mol. The molecule has 0 saturated carbocycles. The zero-order valence-electron chi connectivity index (χ0n) is 12.4. The number of nitrogens with zero attached hydrogens (tertiary/aromatic N) is 2. The van der Waals surface area contributed by atoms with Crippen molar-refractivity contribution in [2.75, 3.05) is 19.0 Å². The lowest BCUT2D eigenvalue weighted by atomic mass is 10.0. The molecule has 4 nitrogen and oxygen atoms in total. The molecule has 1 aromatic carbocycles. The Labute approximate surface area is 135 Å². The SMILES string of the molecule is CN(C)S(=O)(=O)c1ccc(N2C3CCC2CC(Br)C3)cc1. The molecule has 2 saturated heterocycles. The fourth-order valence-electron chi connectivity index (χ4n) is 3.53. The molecule has 6 heteroatoms. The molecule has 21 heavy (non-hydrogen) atoms. The third kappa shape index (κ3) is 2.73. The average Bonchev–Trinajstić information content (AvgIpc) is 2.71. The van der Waals surface area contributed by atoms with Crippen molar-refractivity contribution in [3.05, 3.63) is 24.3 Å². The molecule has 2 aliphatic rings. The maximum Gasteiger partial charge on any atom is 0.242 e. The highest BCUT2D eigenvalue weighted by Crippen LogP contribution is 2.41. The predicted molar refractivity (Wildman–Crippen MR) is 88.6 cm³/mol. The molecule has 2 unspecified atom stereocenters. The quantitative estimate of drug-likeness (QED) is 0.765. The second kappa shape index (κ2) is 5.56. The highest BCUT2D eigenvalue weighted by molar-refractivity contribution is 9.09. The van der Waals surface area contributed by atoms with Gasteiger partial charge < -0.3 is 4.90 Å². The van der Waals surface area contributed by atoms with Crippen molar-refractivity contribution in [2.45, 2.75) is 47.5 Å². The van der Waals surface area contributed by atoms with Gasteiger partial charge in [-0.05, 0) is 49.9 Å². The summed E-state index contributed by atoms with van der Waals surface area (Å²) in [5.74, 6) is 0. The minimum Gasteiger partial charge on any atom is -0.365 e. The first-order valence-corrected chi connectivity index (χ1v) is 9.70. The number of benzene rings is 1. The van der Waals surface area contributed by atoms with Crippen molar-refractivity contribution in [3.63, 3.8) is 0 Å². The third-order valence-corrected chi connectivity index (χ3v) is 7.17. The largest absolute Gasteiger partial charge is 0.365 e. The molecule has 116 valence electrons. The molecule has 0 radical (unpaired) electrons. The van der Waals surface area contributed by atoms with Gasteiger partial charge in [0.25, 0.3) is 0 Å². The summed E-state index contributed by atoms with van der Waals surface area (Å²) in [6, 6.07) is 8.54. The van der Waals surface area contributed by atoms with Crippen LogP contribution in [0.2, 0.25) is 0 Å². The van der Waals surface area contributed by atoms with Crippen LogP contribution in [-0.2, 0) is 10.0 Å². The Morgan fingerprint density at radius 2 is 1.62 bits per heavy atom. The van der Waals surface area contributed by atoms with E-state index in [1.54, 1.807) is 26.2 Å². The van der Waals surface area contributed by atoms with Crippen molar-refractivity contribution in [3.8, 4) is 0 Å². The van der Waals surface area contributed by atoms with Crippen LogP contribution >= 0.6 is 15.9 Å². The molecule has 3 rings (SSSR count). The Kier molecular flexibility index (Phi) is 4.05. The van der Waals surface area contributed by atoms with Crippen molar-refractivity contribution < 1.29 is 8.42 Å². The van der Waals surface area contributed by atoms with Gasteiger partial charge in [0.05, 0.1) is 4.90 Å². The smallest absolute Gasteiger partial charge is 0.242 e. The zero-order chi connectivity index (χ0) is 15.2.